The Morgan fingerprint density at radius 2 is 2.08 bits per heavy atom. The van der Waals surface area contributed by atoms with Gasteiger partial charge in [-0.3, -0.25) is 4.79 Å². The molecule has 2 aromatic carbocycles. The monoisotopic (exact) mass is 375 g/mol. The number of nitrogens with zero attached hydrogens (tertiary/aromatic N) is 1. The highest BCUT2D eigenvalue weighted by molar-refractivity contribution is 7.13. The van der Waals surface area contributed by atoms with Crippen molar-refractivity contribution in [1.82, 2.24) is 4.98 Å². The summed E-state index contributed by atoms with van der Waals surface area (Å²) in [5.74, 6) is -0.211. The molecule has 0 aliphatic carbocycles. The third-order valence-corrected chi connectivity index (χ3v) is 4.80. The van der Waals surface area contributed by atoms with Crippen molar-refractivity contribution in [1.29, 1.82) is 0 Å². The molecule has 0 atom stereocenters. The van der Waals surface area contributed by atoms with E-state index in [-0.39, 0.29) is 12.5 Å². The zero-order valence-corrected chi connectivity index (χ0v) is 14.2. The van der Waals surface area contributed by atoms with E-state index in [0.717, 1.165) is 5.56 Å². The molecule has 0 fully saturated rings. The van der Waals surface area contributed by atoms with Crippen LogP contribution in [0.2, 0.25) is 5.02 Å². The Balaban J connectivity index is 1.74. The van der Waals surface area contributed by atoms with Gasteiger partial charge in [0.2, 0.25) is 0 Å². The van der Waals surface area contributed by atoms with Crippen molar-refractivity contribution in [2.75, 3.05) is 17.7 Å². The van der Waals surface area contributed by atoms with Gasteiger partial charge >= 0.3 is 0 Å². The number of nitrogens with one attached hydrogen (secondary N) is 1. The second-order valence-electron chi connectivity index (χ2n) is 5.48. The number of nitrogens with two attached hydrogens (primary N) is 1. The lowest BCUT2D eigenvalue weighted by Gasteiger charge is -2.19. The Kier molecular flexibility index (Phi) is 3.82. The fraction of sp³-hybridized carbons (Fsp3) is 0.0588. The fourth-order valence-corrected chi connectivity index (χ4v) is 3.67. The first-order chi connectivity index (χ1) is 12.0. The molecule has 8 heteroatoms. The molecule has 0 saturated heterocycles. The molecule has 1 amide bonds. The van der Waals surface area contributed by atoms with Gasteiger partial charge in [0.25, 0.3) is 5.91 Å². The molecule has 0 spiro atoms. The number of fused-ring (bicyclic) bond motifs is 1. The Morgan fingerprint density at radius 1 is 1.24 bits per heavy atom. The van der Waals surface area contributed by atoms with E-state index in [1.54, 1.807) is 18.2 Å². The van der Waals surface area contributed by atoms with Crippen LogP contribution in [-0.4, -0.2) is 17.5 Å². The molecule has 3 aromatic rings. The van der Waals surface area contributed by atoms with Crippen molar-refractivity contribution in [2.24, 2.45) is 0 Å². The summed E-state index contributed by atoms with van der Waals surface area (Å²) in [4.78, 5) is 16.0. The number of nitrogen functional groups attached to an aromatic ring is 1. The molecule has 4 rings (SSSR count). The van der Waals surface area contributed by atoms with Crippen molar-refractivity contribution in [3.63, 3.8) is 0 Å². The molecule has 0 radical (unpaired) electrons. The molecule has 1 aliphatic rings. The van der Waals surface area contributed by atoms with Gasteiger partial charge in [-0.15, -0.1) is 11.3 Å². The highest BCUT2D eigenvalue weighted by atomic mass is 35.5. The van der Waals surface area contributed by atoms with Gasteiger partial charge in [-0.05, 0) is 30.3 Å². The van der Waals surface area contributed by atoms with Crippen molar-refractivity contribution in [2.45, 2.75) is 0 Å². The van der Waals surface area contributed by atoms with Gasteiger partial charge in [-0.25, -0.2) is 9.37 Å². The van der Waals surface area contributed by atoms with Crippen LogP contribution in [-0.2, 0) is 4.79 Å². The van der Waals surface area contributed by atoms with E-state index in [9.17, 15) is 9.18 Å². The topological polar surface area (TPSA) is 77.2 Å². The van der Waals surface area contributed by atoms with Crippen molar-refractivity contribution < 1.29 is 13.9 Å². The van der Waals surface area contributed by atoms with Crippen LogP contribution in [0.15, 0.2) is 35.7 Å². The van der Waals surface area contributed by atoms with Crippen LogP contribution in [0.5, 0.6) is 5.75 Å². The minimum atomic E-state index is -0.413. The molecular formula is C17H11ClFN3O2S. The smallest absolute Gasteiger partial charge is 0.262 e. The van der Waals surface area contributed by atoms with Crippen LogP contribution >= 0.6 is 22.9 Å². The van der Waals surface area contributed by atoms with Gasteiger partial charge in [0.1, 0.15) is 10.8 Å². The maximum Gasteiger partial charge on any atom is 0.262 e. The summed E-state index contributed by atoms with van der Waals surface area (Å²) in [5, 5.41) is 5.58. The average molecular weight is 376 g/mol. The van der Waals surface area contributed by atoms with E-state index >= 15 is 0 Å². The summed E-state index contributed by atoms with van der Waals surface area (Å²) >= 11 is 7.61. The molecule has 0 unspecified atom stereocenters. The molecular weight excluding hydrogens is 365 g/mol. The number of hydrogen-bond donors (Lipinski definition) is 2. The van der Waals surface area contributed by atoms with Gasteiger partial charge in [0.15, 0.2) is 12.4 Å². The molecule has 2 heterocycles. The number of carbonyl (C=O) groups excluding carboxylic acids is 1. The molecule has 0 saturated carbocycles. The number of amides is 1. The Bertz CT molecular complexity index is 985. The van der Waals surface area contributed by atoms with Gasteiger partial charge in [-0.2, -0.15) is 0 Å². The first-order valence-electron chi connectivity index (χ1n) is 7.28. The maximum absolute atomic E-state index is 13.5. The van der Waals surface area contributed by atoms with Gasteiger partial charge in [0, 0.05) is 22.2 Å². The molecule has 0 bridgehead atoms. The van der Waals surface area contributed by atoms with Crippen molar-refractivity contribution in [3.05, 3.63) is 46.6 Å². The molecule has 25 heavy (non-hydrogen) atoms. The summed E-state index contributed by atoms with van der Waals surface area (Å²) in [7, 11) is 0. The zero-order chi connectivity index (χ0) is 17.6. The molecule has 126 valence electrons. The molecule has 1 aromatic heterocycles. The van der Waals surface area contributed by atoms with Crippen LogP contribution in [0.1, 0.15) is 0 Å². The third kappa shape index (κ3) is 3.04. The lowest BCUT2D eigenvalue weighted by Crippen LogP contribution is -2.25. The van der Waals surface area contributed by atoms with Crippen LogP contribution in [0, 0.1) is 5.82 Å². The average Bonchev–Trinajstić information content (AvgIpc) is 3.03. The van der Waals surface area contributed by atoms with Crippen molar-refractivity contribution >= 4 is 40.2 Å². The summed E-state index contributed by atoms with van der Waals surface area (Å²) < 4.78 is 18.9. The summed E-state index contributed by atoms with van der Waals surface area (Å²) in [6.07, 6.45) is 0. The highest BCUT2D eigenvalue weighted by Crippen LogP contribution is 2.40. The minimum absolute atomic E-state index is 0.0616. The van der Waals surface area contributed by atoms with E-state index in [2.05, 4.69) is 10.3 Å². The Hall–Kier alpha value is -2.64. The lowest BCUT2D eigenvalue weighted by molar-refractivity contribution is -0.118. The van der Waals surface area contributed by atoms with Crippen LogP contribution in [0.25, 0.3) is 21.8 Å². The van der Waals surface area contributed by atoms with E-state index < -0.39 is 5.82 Å². The van der Waals surface area contributed by atoms with Gasteiger partial charge in [-0.1, -0.05) is 11.6 Å². The number of halogens is 2. The minimum Gasteiger partial charge on any atom is -0.480 e. The van der Waals surface area contributed by atoms with E-state index in [0.29, 0.717) is 38.4 Å². The first-order valence-corrected chi connectivity index (χ1v) is 8.54. The number of carbonyl (C=O) groups is 1. The SMILES string of the molecule is Nc1cc(F)cc(-c2nc(-c3cc(Cl)c4c(c3)NC(=O)CO4)cs2)c1. The predicted molar refractivity (Wildman–Crippen MR) is 96.5 cm³/mol. The number of hydrogen-bond acceptors (Lipinski definition) is 5. The standard InChI is InChI=1S/C17H11ClFN3O2S/c18-12-3-8(4-13-16(12)24-6-15(23)21-13)14-7-25-17(22-14)9-1-10(19)5-11(20)2-9/h1-5,7H,6,20H2,(H,21,23). The Labute approximate surface area is 151 Å². The zero-order valence-electron chi connectivity index (χ0n) is 12.7. The number of ether oxygens (including phenoxy) is 1. The van der Waals surface area contributed by atoms with Crippen LogP contribution < -0.4 is 15.8 Å². The summed E-state index contributed by atoms with van der Waals surface area (Å²) in [6, 6.07) is 7.77. The first kappa shape index (κ1) is 15.9. The third-order valence-electron chi connectivity index (χ3n) is 3.63. The highest BCUT2D eigenvalue weighted by Gasteiger charge is 2.21. The van der Waals surface area contributed by atoms with E-state index in [1.807, 2.05) is 5.38 Å². The normalized spacial score (nSPS) is 13.1. The number of aromatic nitrogens is 1. The van der Waals surface area contributed by atoms with Gasteiger partial charge < -0.3 is 15.8 Å². The number of rotatable bonds is 2. The van der Waals surface area contributed by atoms with Gasteiger partial charge in [0.05, 0.1) is 16.4 Å². The molecule has 3 N–H and O–H groups in total. The number of anilines is 2. The second-order valence-corrected chi connectivity index (χ2v) is 6.75. The predicted octanol–water partition coefficient (Wildman–Crippen LogP) is 4.18. The number of benzene rings is 2. The van der Waals surface area contributed by atoms with Crippen LogP contribution in [0.3, 0.4) is 0 Å². The quantitative estimate of drug-likeness (QED) is 0.658. The van der Waals surface area contributed by atoms with E-state index in [4.69, 9.17) is 22.1 Å². The fourth-order valence-electron chi connectivity index (χ4n) is 2.58. The lowest BCUT2D eigenvalue weighted by atomic mass is 10.1. The van der Waals surface area contributed by atoms with Crippen LogP contribution in [0.4, 0.5) is 15.8 Å². The largest absolute Gasteiger partial charge is 0.480 e. The maximum atomic E-state index is 13.5. The van der Waals surface area contributed by atoms with Crippen molar-refractivity contribution in [3.8, 4) is 27.6 Å². The molecule has 1 aliphatic heterocycles. The van der Waals surface area contributed by atoms with E-state index in [1.165, 1.54) is 23.5 Å². The second kappa shape index (κ2) is 6.02. The number of thiazole rings is 1. The Morgan fingerprint density at radius 3 is 2.88 bits per heavy atom. The summed E-state index contributed by atoms with van der Waals surface area (Å²) in [5.41, 5.74) is 8.52. The molecule has 5 nitrogen and oxygen atoms in total. The summed E-state index contributed by atoms with van der Waals surface area (Å²) in [6.45, 7) is -0.0616.